The molecule has 0 aromatic carbocycles. The Balaban J connectivity index is 2.01. The van der Waals surface area contributed by atoms with Crippen molar-refractivity contribution in [2.45, 2.75) is 46.6 Å². The number of nitrogens with one attached hydrogen (secondary N) is 1. The average molecular weight is 261 g/mol. The van der Waals surface area contributed by atoms with Crippen molar-refractivity contribution in [1.82, 2.24) is 10.3 Å². The van der Waals surface area contributed by atoms with Crippen molar-refractivity contribution in [2.24, 2.45) is 5.92 Å². The van der Waals surface area contributed by atoms with Crippen molar-refractivity contribution in [3.05, 3.63) is 23.4 Å². The molecule has 0 radical (unpaired) electrons. The molecule has 19 heavy (non-hydrogen) atoms. The quantitative estimate of drug-likeness (QED) is 0.882. The Hall–Kier alpha value is -1.09. The molecule has 0 spiro atoms. The van der Waals surface area contributed by atoms with Crippen LogP contribution in [-0.2, 0) is 6.54 Å². The summed E-state index contributed by atoms with van der Waals surface area (Å²) in [5, 5.41) is 3.35. The fourth-order valence-electron chi connectivity index (χ4n) is 2.88. The first-order valence-corrected chi connectivity index (χ1v) is 7.65. The van der Waals surface area contributed by atoms with Gasteiger partial charge in [-0.05, 0) is 49.4 Å². The van der Waals surface area contributed by atoms with Crippen LogP contribution in [0, 0.1) is 12.8 Å². The molecule has 1 aliphatic heterocycles. The van der Waals surface area contributed by atoms with Gasteiger partial charge in [0.15, 0.2) is 0 Å². The van der Waals surface area contributed by atoms with Gasteiger partial charge in [0.05, 0.1) is 0 Å². The molecule has 2 heterocycles. The van der Waals surface area contributed by atoms with E-state index in [0.29, 0.717) is 0 Å². The minimum atomic E-state index is 0.919. The third kappa shape index (κ3) is 3.69. The predicted octanol–water partition coefficient (Wildman–Crippen LogP) is 3.13. The van der Waals surface area contributed by atoms with Gasteiger partial charge in [-0.2, -0.15) is 0 Å². The Morgan fingerprint density at radius 2 is 2.05 bits per heavy atom. The van der Waals surface area contributed by atoms with Gasteiger partial charge in [-0.3, -0.25) is 0 Å². The fraction of sp³-hybridized carbons (Fsp3) is 0.688. The van der Waals surface area contributed by atoms with Crippen LogP contribution < -0.4 is 10.2 Å². The molecule has 1 saturated heterocycles. The van der Waals surface area contributed by atoms with Crippen molar-refractivity contribution in [2.75, 3.05) is 24.5 Å². The van der Waals surface area contributed by atoms with Crippen molar-refractivity contribution in [1.29, 1.82) is 0 Å². The summed E-state index contributed by atoms with van der Waals surface area (Å²) >= 11 is 0. The highest BCUT2D eigenvalue weighted by molar-refractivity contribution is 5.47. The van der Waals surface area contributed by atoms with Gasteiger partial charge in [-0.1, -0.05) is 20.3 Å². The van der Waals surface area contributed by atoms with Crippen LogP contribution >= 0.6 is 0 Å². The molecule has 1 aliphatic rings. The van der Waals surface area contributed by atoms with Crippen LogP contribution in [0.15, 0.2) is 12.3 Å². The molecule has 1 N–H and O–H groups in total. The van der Waals surface area contributed by atoms with Gasteiger partial charge in [-0.15, -0.1) is 0 Å². The second kappa shape index (κ2) is 6.90. The van der Waals surface area contributed by atoms with Gasteiger partial charge in [0.2, 0.25) is 0 Å². The minimum absolute atomic E-state index is 0.919. The van der Waals surface area contributed by atoms with Gasteiger partial charge in [0, 0.05) is 25.8 Å². The Kier molecular flexibility index (Phi) is 5.20. The summed E-state index contributed by atoms with van der Waals surface area (Å²) in [5.41, 5.74) is 2.59. The number of piperidine rings is 1. The summed E-state index contributed by atoms with van der Waals surface area (Å²) < 4.78 is 0. The molecule has 1 aromatic heterocycles. The highest BCUT2D eigenvalue weighted by Crippen LogP contribution is 2.26. The number of aromatic nitrogens is 1. The summed E-state index contributed by atoms with van der Waals surface area (Å²) in [6.07, 6.45) is 5.98. The SMILES string of the molecule is CCNCc1cnc(N2CCC(CC)CC2)c(C)c1. The van der Waals surface area contributed by atoms with Crippen LogP contribution in [0.4, 0.5) is 5.82 Å². The van der Waals surface area contributed by atoms with Gasteiger partial charge in [0.1, 0.15) is 5.82 Å². The maximum atomic E-state index is 4.69. The zero-order valence-electron chi connectivity index (χ0n) is 12.6. The number of nitrogens with zero attached hydrogens (tertiary/aromatic N) is 2. The van der Waals surface area contributed by atoms with E-state index in [1.54, 1.807) is 0 Å². The van der Waals surface area contributed by atoms with E-state index in [9.17, 15) is 0 Å². The summed E-state index contributed by atoms with van der Waals surface area (Å²) in [6, 6.07) is 2.27. The lowest BCUT2D eigenvalue weighted by molar-refractivity contribution is 0.393. The summed E-state index contributed by atoms with van der Waals surface area (Å²) in [4.78, 5) is 7.15. The predicted molar refractivity (Wildman–Crippen MR) is 81.6 cm³/mol. The molecular formula is C16H27N3. The molecular weight excluding hydrogens is 234 g/mol. The number of pyridine rings is 1. The Bertz CT molecular complexity index is 395. The van der Waals surface area contributed by atoms with E-state index < -0.39 is 0 Å². The molecule has 2 rings (SSSR count). The summed E-state index contributed by atoms with van der Waals surface area (Å²) in [7, 11) is 0. The van der Waals surface area contributed by atoms with Crippen molar-refractivity contribution >= 4 is 5.82 Å². The molecule has 0 aliphatic carbocycles. The van der Waals surface area contributed by atoms with Crippen molar-refractivity contribution in [3.63, 3.8) is 0 Å². The molecule has 3 heteroatoms. The molecule has 0 unspecified atom stereocenters. The average Bonchev–Trinajstić information content (AvgIpc) is 2.45. The maximum absolute atomic E-state index is 4.69. The normalized spacial score (nSPS) is 16.9. The first-order valence-electron chi connectivity index (χ1n) is 7.65. The first kappa shape index (κ1) is 14.3. The maximum Gasteiger partial charge on any atom is 0.131 e. The van der Waals surface area contributed by atoms with Gasteiger partial charge < -0.3 is 10.2 Å². The fourth-order valence-corrected chi connectivity index (χ4v) is 2.88. The molecule has 0 amide bonds. The van der Waals surface area contributed by atoms with Crippen LogP contribution in [-0.4, -0.2) is 24.6 Å². The lowest BCUT2D eigenvalue weighted by Gasteiger charge is -2.33. The Morgan fingerprint density at radius 1 is 1.32 bits per heavy atom. The number of hydrogen-bond donors (Lipinski definition) is 1. The largest absolute Gasteiger partial charge is 0.356 e. The minimum Gasteiger partial charge on any atom is -0.356 e. The van der Waals surface area contributed by atoms with E-state index >= 15 is 0 Å². The molecule has 0 bridgehead atoms. The number of rotatable bonds is 5. The highest BCUT2D eigenvalue weighted by atomic mass is 15.2. The number of hydrogen-bond acceptors (Lipinski definition) is 3. The lowest BCUT2D eigenvalue weighted by atomic mass is 9.94. The van der Waals surface area contributed by atoms with Crippen LogP contribution in [0.3, 0.4) is 0 Å². The second-order valence-corrected chi connectivity index (χ2v) is 5.60. The third-order valence-corrected chi connectivity index (χ3v) is 4.18. The number of anilines is 1. The van der Waals surface area contributed by atoms with Crippen LogP contribution in [0.1, 0.15) is 44.2 Å². The summed E-state index contributed by atoms with van der Waals surface area (Å²) in [5.74, 6) is 2.11. The molecule has 1 aromatic rings. The second-order valence-electron chi connectivity index (χ2n) is 5.60. The van der Waals surface area contributed by atoms with Gasteiger partial charge >= 0.3 is 0 Å². The molecule has 1 fully saturated rings. The highest BCUT2D eigenvalue weighted by Gasteiger charge is 2.19. The lowest BCUT2D eigenvalue weighted by Crippen LogP contribution is -2.34. The zero-order valence-corrected chi connectivity index (χ0v) is 12.6. The number of aryl methyl sites for hydroxylation is 1. The van der Waals surface area contributed by atoms with E-state index in [0.717, 1.165) is 19.0 Å². The third-order valence-electron chi connectivity index (χ3n) is 4.18. The van der Waals surface area contributed by atoms with Crippen molar-refractivity contribution < 1.29 is 0 Å². The van der Waals surface area contributed by atoms with E-state index in [-0.39, 0.29) is 0 Å². The van der Waals surface area contributed by atoms with E-state index in [1.165, 1.54) is 49.3 Å². The van der Waals surface area contributed by atoms with E-state index in [2.05, 4.69) is 37.1 Å². The van der Waals surface area contributed by atoms with Crippen LogP contribution in [0.25, 0.3) is 0 Å². The van der Waals surface area contributed by atoms with E-state index in [4.69, 9.17) is 4.98 Å². The van der Waals surface area contributed by atoms with Gasteiger partial charge in [-0.25, -0.2) is 4.98 Å². The van der Waals surface area contributed by atoms with E-state index in [1.807, 2.05) is 6.20 Å². The molecule has 3 nitrogen and oxygen atoms in total. The van der Waals surface area contributed by atoms with Crippen LogP contribution in [0.2, 0.25) is 0 Å². The zero-order chi connectivity index (χ0) is 13.7. The Morgan fingerprint density at radius 3 is 2.63 bits per heavy atom. The van der Waals surface area contributed by atoms with Crippen LogP contribution in [0.5, 0.6) is 0 Å². The summed E-state index contributed by atoms with van der Waals surface area (Å²) in [6.45, 7) is 10.9. The topological polar surface area (TPSA) is 28.2 Å². The standard InChI is InChI=1S/C16H27N3/c1-4-14-6-8-19(9-7-14)16-13(3)10-15(12-18-16)11-17-5-2/h10,12,14,17H,4-9,11H2,1-3H3. The molecule has 0 saturated carbocycles. The van der Waals surface area contributed by atoms with Gasteiger partial charge in [0.25, 0.3) is 0 Å². The Labute approximate surface area is 117 Å². The monoisotopic (exact) mass is 261 g/mol. The first-order chi connectivity index (χ1) is 9.24. The van der Waals surface area contributed by atoms with Crippen molar-refractivity contribution in [3.8, 4) is 0 Å². The smallest absolute Gasteiger partial charge is 0.131 e. The molecule has 106 valence electrons. The molecule has 0 atom stereocenters.